The lowest BCUT2D eigenvalue weighted by atomic mass is 9.70. The lowest BCUT2D eigenvalue weighted by molar-refractivity contribution is -0.128. The number of rotatable bonds is 2. The topological polar surface area (TPSA) is 61.4 Å². The maximum absolute atomic E-state index is 12.0. The largest absolute Gasteiger partial charge is 0.344 e. The van der Waals surface area contributed by atoms with Crippen molar-refractivity contribution in [2.75, 3.05) is 13.6 Å². The zero-order chi connectivity index (χ0) is 14.9. The number of carbonyl (C=O) groups is 2. The van der Waals surface area contributed by atoms with Gasteiger partial charge >= 0.3 is 6.03 Å². The average Bonchev–Trinajstić information content (AvgIpc) is 2.64. The Balaban J connectivity index is 1.82. The van der Waals surface area contributed by atoms with Crippen molar-refractivity contribution in [1.29, 1.82) is 0 Å². The van der Waals surface area contributed by atoms with E-state index in [9.17, 15) is 9.59 Å². The lowest BCUT2D eigenvalue weighted by Crippen LogP contribution is -2.51. The Hall–Kier alpha value is -1.26. The summed E-state index contributed by atoms with van der Waals surface area (Å²) >= 11 is 0. The Kier molecular flexibility index (Phi) is 4.25. The second kappa shape index (κ2) is 5.62. The number of likely N-dealkylation sites (tertiary alicyclic amines) is 1. The van der Waals surface area contributed by atoms with Crippen LogP contribution in [0.15, 0.2) is 0 Å². The van der Waals surface area contributed by atoms with E-state index in [0.717, 1.165) is 25.8 Å². The number of nitrogens with one attached hydrogen (secondary N) is 2. The average molecular weight is 281 g/mol. The molecule has 5 heteroatoms. The first-order valence-electron chi connectivity index (χ1n) is 7.60. The highest BCUT2D eigenvalue weighted by Crippen LogP contribution is 2.38. The van der Waals surface area contributed by atoms with Crippen molar-refractivity contribution < 1.29 is 9.59 Å². The van der Waals surface area contributed by atoms with Gasteiger partial charge in [-0.1, -0.05) is 20.8 Å². The number of amides is 3. The monoisotopic (exact) mass is 281 g/mol. The van der Waals surface area contributed by atoms with Gasteiger partial charge in [0.1, 0.15) is 6.04 Å². The van der Waals surface area contributed by atoms with Crippen LogP contribution in [0, 0.1) is 11.3 Å². The Morgan fingerprint density at radius 3 is 2.55 bits per heavy atom. The first-order chi connectivity index (χ1) is 9.28. The van der Waals surface area contributed by atoms with Crippen LogP contribution in [0.2, 0.25) is 0 Å². The number of carbonyl (C=O) groups excluding carboxylic acids is 2. The van der Waals surface area contributed by atoms with E-state index >= 15 is 0 Å². The molecule has 0 aromatic heterocycles. The van der Waals surface area contributed by atoms with Crippen molar-refractivity contribution in [3.05, 3.63) is 0 Å². The van der Waals surface area contributed by atoms with Gasteiger partial charge in [0.15, 0.2) is 0 Å². The van der Waals surface area contributed by atoms with Gasteiger partial charge in [-0.3, -0.25) is 4.79 Å². The Labute approximate surface area is 121 Å². The Bertz CT molecular complexity index is 395. The summed E-state index contributed by atoms with van der Waals surface area (Å²) in [4.78, 5) is 25.5. The fourth-order valence-electron chi connectivity index (χ4n) is 3.49. The number of urea groups is 1. The van der Waals surface area contributed by atoms with Crippen LogP contribution in [-0.4, -0.2) is 42.5 Å². The molecule has 1 aliphatic carbocycles. The van der Waals surface area contributed by atoms with E-state index in [-0.39, 0.29) is 24.0 Å². The highest BCUT2D eigenvalue weighted by molar-refractivity contribution is 5.88. The standard InChI is InChI=1S/C15H27N3O2/c1-10-9-15(2,3)7-5-11(10)16-14(20)17-12-6-8-18(4)13(12)19/h10-12H,5-9H2,1-4H3,(H2,16,17,20)/t10-,11+,12+/m1/s1. The van der Waals surface area contributed by atoms with Crippen molar-refractivity contribution in [3.8, 4) is 0 Å². The summed E-state index contributed by atoms with van der Waals surface area (Å²) in [6.07, 6.45) is 3.98. The molecule has 3 amide bonds. The molecule has 0 aromatic rings. The molecule has 0 radical (unpaired) electrons. The zero-order valence-corrected chi connectivity index (χ0v) is 13.0. The quantitative estimate of drug-likeness (QED) is 0.810. The van der Waals surface area contributed by atoms with Gasteiger partial charge < -0.3 is 15.5 Å². The van der Waals surface area contributed by atoms with Crippen LogP contribution in [0.25, 0.3) is 0 Å². The summed E-state index contributed by atoms with van der Waals surface area (Å²) in [6.45, 7) is 7.48. The molecule has 1 aliphatic heterocycles. The summed E-state index contributed by atoms with van der Waals surface area (Å²) in [6, 6.07) is -0.331. The van der Waals surface area contributed by atoms with Gasteiger partial charge in [0.25, 0.3) is 0 Å². The molecular weight excluding hydrogens is 254 g/mol. The smallest absolute Gasteiger partial charge is 0.315 e. The van der Waals surface area contributed by atoms with E-state index in [1.54, 1.807) is 11.9 Å². The molecule has 1 saturated heterocycles. The molecule has 2 aliphatic rings. The highest BCUT2D eigenvalue weighted by atomic mass is 16.2. The first-order valence-corrected chi connectivity index (χ1v) is 7.60. The van der Waals surface area contributed by atoms with Gasteiger partial charge in [-0.25, -0.2) is 4.79 Å². The second-order valence-electron chi connectivity index (χ2n) is 7.21. The van der Waals surface area contributed by atoms with E-state index in [1.165, 1.54) is 0 Å². The molecule has 0 bridgehead atoms. The maximum Gasteiger partial charge on any atom is 0.315 e. The molecule has 2 N–H and O–H groups in total. The minimum Gasteiger partial charge on any atom is -0.344 e. The van der Waals surface area contributed by atoms with Crippen LogP contribution in [0.5, 0.6) is 0 Å². The van der Waals surface area contributed by atoms with Gasteiger partial charge in [-0.15, -0.1) is 0 Å². The van der Waals surface area contributed by atoms with Crippen LogP contribution < -0.4 is 10.6 Å². The second-order valence-corrected chi connectivity index (χ2v) is 7.21. The van der Waals surface area contributed by atoms with Crippen molar-refractivity contribution >= 4 is 11.9 Å². The van der Waals surface area contributed by atoms with E-state index in [1.807, 2.05) is 0 Å². The normalized spacial score (nSPS) is 33.1. The molecule has 0 aromatic carbocycles. The molecule has 2 rings (SSSR count). The summed E-state index contributed by atoms with van der Waals surface area (Å²) in [5.41, 5.74) is 0.373. The fourth-order valence-corrected chi connectivity index (χ4v) is 3.49. The summed E-state index contributed by atoms with van der Waals surface area (Å²) in [7, 11) is 1.77. The number of nitrogens with zero attached hydrogens (tertiary/aromatic N) is 1. The predicted octanol–water partition coefficient (Wildman–Crippen LogP) is 1.73. The maximum atomic E-state index is 12.0. The number of hydrogen-bond acceptors (Lipinski definition) is 2. The van der Waals surface area contributed by atoms with Gasteiger partial charge in [-0.2, -0.15) is 0 Å². The Morgan fingerprint density at radius 2 is 2.00 bits per heavy atom. The van der Waals surface area contributed by atoms with Crippen molar-refractivity contribution in [2.45, 2.75) is 58.5 Å². The van der Waals surface area contributed by atoms with Gasteiger partial charge in [0, 0.05) is 19.6 Å². The minimum atomic E-state index is -0.352. The van der Waals surface area contributed by atoms with Crippen molar-refractivity contribution in [2.24, 2.45) is 11.3 Å². The van der Waals surface area contributed by atoms with Crippen LogP contribution >= 0.6 is 0 Å². The minimum absolute atomic E-state index is 0.0120. The van der Waals surface area contributed by atoms with Crippen LogP contribution in [-0.2, 0) is 4.79 Å². The first kappa shape index (κ1) is 15.1. The zero-order valence-electron chi connectivity index (χ0n) is 13.0. The molecule has 1 heterocycles. The lowest BCUT2D eigenvalue weighted by Gasteiger charge is -2.39. The molecule has 1 saturated carbocycles. The molecule has 20 heavy (non-hydrogen) atoms. The molecule has 0 spiro atoms. The van der Waals surface area contributed by atoms with E-state index in [4.69, 9.17) is 0 Å². The summed E-state index contributed by atoms with van der Waals surface area (Å²) < 4.78 is 0. The third-order valence-electron chi connectivity index (χ3n) is 4.74. The van der Waals surface area contributed by atoms with Crippen molar-refractivity contribution in [3.63, 3.8) is 0 Å². The van der Waals surface area contributed by atoms with E-state index < -0.39 is 0 Å². The van der Waals surface area contributed by atoms with Crippen molar-refractivity contribution in [1.82, 2.24) is 15.5 Å². The van der Waals surface area contributed by atoms with Gasteiger partial charge in [-0.05, 0) is 37.0 Å². The van der Waals surface area contributed by atoms with Crippen LogP contribution in [0.4, 0.5) is 4.79 Å². The van der Waals surface area contributed by atoms with Crippen LogP contribution in [0.3, 0.4) is 0 Å². The molecule has 0 unspecified atom stereocenters. The predicted molar refractivity (Wildman–Crippen MR) is 78.3 cm³/mol. The summed E-state index contributed by atoms with van der Waals surface area (Å²) in [5, 5.41) is 5.85. The van der Waals surface area contributed by atoms with Crippen LogP contribution in [0.1, 0.15) is 46.5 Å². The molecule has 3 atom stereocenters. The number of hydrogen-bond donors (Lipinski definition) is 2. The number of likely N-dealkylation sites (N-methyl/N-ethyl adjacent to an activating group) is 1. The summed E-state index contributed by atoms with van der Waals surface area (Å²) in [5.74, 6) is 0.490. The SMILES string of the molecule is C[C@@H]1CC(C)(C)CC[C@@H]1NC(=O)N[C@H]1CCN(C)C1=O. The molecule has 114 valence electrons. The Morgan fingerprint density at radius 1 is 1.30 bits per heavy atom. The van der Waals surface area contributed by atoms with Gasteiger partial charge in [0.05, 0.1) is 0 Å². The highest BCUT2D eigenvalue weighted by Gasteiger charge is 2.34. The fraction of sp³-hybridized carbons (Fsp3) is 0.867. The molecule has 5 nitrogen and oxygen atoms in total. The van der Waals surface area contributed by atoms with Gasteiger partial charge in [0.2, 0.25) is 5.91 Å². The van der Waals surface area contributed by atoms with E-state index in [2.05, 4.69) is 31.4 Å². The molecule has 2 fully saturated rings. The third kappa shape index (κ3) is 3.44. The van der Waals surface area contributed by atoms with E-state index in [0.29, 0.717) is 17.8 Å². The molecular formula is C15H27N3O2. The third-order valence-corrected chi connectivity index (χ3v) is 4.74.